The number of benzene rings is 1. The van der Waals surface area contributed by atoms with Crippen LogP contribution in [0.4, 0.5) is 0 Å². The number of aromatic nitrogens is 2. The minimum atomic E-state index is 0.00485. The predicted molar refractivity (Wildman–Crippen MR) is 101 cm³/mol. The van der Waals surface area contributed by atoms with E-state index >= 15 is 0 Å². The summed E-state index contributed by atoms with van der Waals surface area (Å²) in [5.74, 6) is 0.526. The maximum atomic E-state index is 12.0. The number of aryl methyl sites for hydroxylation is 1. The zero-order valence-corrected chi connectivity index (χ0v) is 15.4. The SMILES string of the molecule is Cc1ccc(=O)n(CC2CCN(CC3OCCc4ccccc43)CC2)n1. The summed E-state index contributed by atoms with van der Waals surface area (Å²) in [7, 11) is 0. The Kier molecular flexibility index (Phi) is 5.18. The molecule has 5 nitrogen and oxygen atoms in total. The van der Waals surface area contributed by atoms with Gasteiger partial charge in [-0.25, -0.2) is 4.68 Å². The summed E-state index contributed by atoms with van der Waals surface area (Å²) in [4.78, 5) is 14.5. The number of hydrogen-bond acceptors (Lipinski definition) is 4. The Morgan fingerprint density at radius 1 is 1.12 bits per heavy atom. The van der Waals surface area contributed by atoms with Gasteiger partial charge in [0.2, 0.25) is 0 Å². The van der Waals surface area contributed by atoms with Gasteiger partial charge in [-0.2, -0.15) is 5.10 Å². The summed E-state index contributed by atoms with van der Waals surface area (Å²) >= 11 is 0. The van der Waals surface area contributed by atoms with E-state index in [0.29, 0.717) is 5.92 Å². The first kappa shape index (κ1) is 17.4. The van der Waals surface area contributed by atoms with E-state index in [1.807, 2.05) is 6.92 Å². The summed E-state index contributed by atoms with van der Waals surface area (Å²) in [6, 6.07) is 12.1. The van der Waals surface area contributed by atoms with Crippen LogP contribution < -0.4 is 5.56 Å². The van der Waals surface area contributed by atoms with Crippen molar-refractivity contribution >= 4 is 0 Å². The number of rotatable bonds is 4. The second-order valence-corrected chi connectivity index (χ2v) is 7.55. The summed E-state index contributed by atoms with van der Waals surface area (Å²) in [5.41, 5.74) is 3.69. The van der Waals surface area contributed by atoms with Gasteiger partial charge in [-0.3, -0.25) is 4.79 Å². The Balaban J connectivity index is 1.33. The van der Waals surface area contributed by atoms with E-state index in [1.54, 1.807) is 16.8 Å². The molecule has 3 heterocycles. The highest BCUT2D eigenvalue weighted by Crippen LogP contribution is 2.29. The molecule has 0 radical (unpaired) electrons. The van der Waals surface area contributed by atoms with Crippen molar-refractivity contribution in [1.82, 2.24) is 14.7 Å². The van der Waals surface area contributed by atoms with Gasteiger partial charge in [-0.15, -0.1) is 0 Å². The molecule has 2 aliphatic heterocycles. The van der Waals surface area contributed by atoms with Crippen molar-refractivity contribution in [2.75, 3.05) is 26.2 Å². The first-order chi connectivity index (χ1) is 12.7. The van der Waals surface area contributed by atoms with Gasteiger partial charge in [0.1, 0.15) is 0 Å². The molecule has 0 saturated carbocycles. The first-order valence-electron chi connectivity index (χ1n) is 9.65. The maximum Gasteiger partial charge on any atom is 0.266 e. The average Bonchev–Trinajstić information content (AvgIpc) is 2.67. The molecular weight excluding hydrogens is 326 g/mol. The quantitative estimate of drug-likeness (QED) is 0.848. The van der Waals surface area contributed by atoms with Crippen LogP contribution in [0.2, 0.25) is 0 Å². The van der Waals surface area contributed by atoms with Gasteiger partial charge in [0, 0.05) is 19.2 Å². The van der Waals surface area contributed by atoms with E-state index in [2.05, 4.69) is 34.3 Å². The minimum absolute atomic E-state index is 0.00485. The average molecular weight is 353 g/mol. The fraction of sp³-hybridized carbons (Fsp3) is 0.524. The standard InChI is InChI=1S/C21H27N3O2/c1-16-6-7-21(25)24(22-16)14-17-8-11-23(12-9-17)15-20-19-5-3-2-4-18(19)10-13-26-20/h2-7,17,20H,8-15H2,1H3. The Bertz CT molecular complexity index is 809. The van der Waals surface area contributed by atoms with Crippen LogP contribution >= 0.6 is 0 Å². The number of nitrogens with zero attached hydrogens (tertiary/aromatic N) is 3. The topological polar surface area (TPSA) is 47.4 Å². The molecule has 0 bridgehead atoms. The van der Waals surface area contributed by atoms with Crippen LogP contribution in [0.3, 0.4) is 0 Å². The first-order valence-corrected chi connectivity index (χ1v) is 9.65. The summed E-state index contributed by atoms with van der Waals surface area (Å²) < 4.78 is 7.70. The molecule has 5 heteroatoms. The van der Waals surface area contributed by atoms with Crippen LogP contribution in [0.15, 0.2) is 41.2 Å². The van der Waals surface area contributed by atoms with Gasteiger partial charge in [-0.05, 0) is 62.4 Å². The molecular formula is C21H27N3O2. The van der Waals surface area contributed by atoms with E-state index in [4.69, 9.17) is 4.74 Å². The van der Waals surface area contributed by atoms with E-state index in [0.717, 1.165) is 57.7 Å². The van der Waals surface area contributed by atoms with Gasteiger partial charge in [-0.1, -0.05) is 24.3 Å². The number of likely N-dealkylation sites (tertiary alicyclic amines) is 1. The second-order valence-electron chi connectivity index (χ2n) is 7.55. The fourth-order valence-electron chi connectivity index (χ4n) is 4.14. The molecule has 0 N–H and O–H groups in total. The molecule has 2 aromatic rings. The highest BCUT2D eigenvalue weighted by atomic mass is 16.5. The third kappa shape index (κ3) is 3.89. The second kappa shape index (κ2) is 7.72. The van der Waals surface area contributed by atoms with Gasteiger partial charge in [0.15, 0.2) is 0 Å². The zero-order valence-electron chi connectivity index (χ0n) is 15.4. The van der Waals surface area contributed by atoms with Gasteiger partial charge >= 0.3 is 0 Å². The number of hydrogen-bond donors (Lipinski definition) is 0. The minimum Gasteiger partial charge on any atom is -0.372 e. The number of fused-ring (bicyclic) bond motifs is 1. The van der Waals surface area contributed by atoms with Crippen molar-refractivity contribution in [1.29, 1.82) is 0 Å². The number of ether oxygens (including phenoxy) is 1. The Morgan fingerprint density at radius 2 is 1.92 bits per heavy atom. The molecule has 1 aromatic carbocycles. The fourth-order valence-corrected chi connectivity index (χ4v) is 4.14. The maximum absolute atomic E-state index is 12.0. The normalized spacial score (nSPS) is 21.5. The van der Waals surface area contributed by atoms with E-state index in [-0.39, 0.29) is 11.7 Å². The predicted octanol–water partition coefficient (Wildman–Crippen LogP) is 2.58. The highest BCUT2D eigenvalue weighted by Gasteiger charge is 2.26. The zero-order chi connectivity index (χ0) is 17.9. The lowest BCUT2D eigenvalue weighted by Gasteiger charge is -2.36. The van der Waals surface area contributed by atoms with Crippen molar-refractivity contribution in [2.24, 2.45) is 5.92 Å². The highest BCUT2D eigenvalue weighted by molar-refractivity contribution is 5.31. The van der Waals surface area contributed by atoms with Crippen molar-refractivity contribution in [3.05, 3.63) is 63.6 Å². The molecule has 1 aromatic heterocycles. The molecule has 1 saturated heterocycles. The summed E-state index contributed by atoms with van der Waals surface area (Å²) in [5, 5.41) is 4.38. The monoisotopic (exact) mass is 353 g/mol. The smallest absolute Gasteiger partial charge is 0.266 e. The van der Waals surface area contributed by atoms with Crippen molar-refractivity contribution in [2.45, 2.75) is 38.8 Å². The van der Waals surface area contributed by atoms with Crippen LogP contribution in [0.5, 0.6) is 0 Å². The van der Waals surface area contributed by atoms with E-state index in [1.165, 1.54) is 11.1 Å². The van der Waals surface area contributed by atoms with Crippen molar-refractivity contribution in [3.63, 3.8) is 0 Å². The molecule has 26 heavy (non-hydrogen) atoms. The molecule has 2 aliphatic rings. The van der Waals surface area contributed by atoms with Crippen LogP contribution in [0.1, 0.15) is 35.8 Å². The van der Waals surface area contributed by atoms with E-state index < -0.39 is 0 Å². The van der Waals surface area contributed by atoms with Crippen LogP contribution in [-0.4, -0.2) is 40.9 Å². The molecule has 1 unspecified atom stereocenters. The van der Waals surface area contributed by atoms with Gasteiger partial charge < -0.3 is 9.64 Å². The summed E-state index contributed by atoms with van der Waals surface area (Å²) in [6.45, 7) is 6.57. The van der Waals surface area contributed by atoms with Gasteiger partial charge in [0.25, 0.3) is 5.56 Å². The lowest BCUT2D eigenvalue weighted by atomic mass is 9.94. The molecule has 1 fully saturated rings. The van der Waals surface area contributed by atoms with Crippen LogP contribution in [-0.2, 0) is 17.7 Å². The third-order valence-electron chi connectivity index (χ3n) is 5.65. The molecule has 0 amide bonds. The van der Waals surface area contributed by atoms with Crippen molar-refractivity contribution < 1.29 is 4.74 Å². The Morgan fingerprint density at radius 3 is 2.77 bits per heavy atom. The third-order valence-corrected chi connectivity index (χ3v) is 5.65. The van der Waals surface area contributed by atoms with Crippen LogP contribution in [0.25, 0.3) is 0 Å². The Hall–Kier alpha value is -1.98. The largest absolute Gasteiger partial charge is 0.372 e. The van der Waals surface area contributed by atoms with E-state index in [9.17, 15) is 4.79 Å². The number of piperidine rings is 1. The van der Waals surface area contributed by atoms with Crippen molar-refractivity contribution in [3.8, 4) is 0 Å². The lowest BCUT2D eigenvalue weighted by molar-refractivity contribution is 0.00781. The molecule has 138 valence electrons. The molecule has 0 aliphatic carbocycles. The molecule has 4 rings (SSSR count). The summed E-state index contributed by atoms with van der Waals surface area (Å²) in [6.07, 6.45) is 3.43. The Labute approximate surface area is 154 Å². The molecule has 0 spiro atoms. The van der Waals surface area contributed by atoms with Gasteiger partial charge in [0.05, 0.1) is 18.4 Å². The van der Waals surface area contributed by atoms with Crippen LogP contribution in [0, 0.1) is 12.8 Å². The molecule has 1 atom stereocenters. The lowest BCUT2D eigenvalue weighted by Crippen LogP contribution is -2.40.